The molecule has 3 aromatic rings. The second-order valence-corrected chi connectivity index (χ2v) is 5.23. The Kier molecular flexibility index (Phi) is 4.52. The molecule has 0 saturated carbocycles. The highest BCUT2D eigenvalue weighted by Crippen LogP contribution is 2.21. The first-order valence-electron chi connectivity index (χ1n) is 7.38. The molecule has 1 aromatic heterocycles. The maximum absolute atomic E-state index is 13.6. The summed E-state index contributed by atoms with van der Waals surface area (Å²) < 4.78 is 19.2. The molecule has 0 radical (unpaired) electrons. The van der Waals surface area contributed by atoms with Gasteiger partial charge in [0.2, 0.25) is 5.88 Å². The van der Waals surface area contributed by atoms with Crippen LogP contribution >= 0.6 is 0 Å². The summed E-state index contributed by atoms with van der Waals surface area (Å²) in [7, 11) is 0. The molecule has 4 nitrogen and oxygen atoms in total. The van der Waals surface area contributed by atoms with E-state index >= 15 is 0 Å². The van der Waals surface area contributed by atoms with Crippen LogP contribution in [0.15, 0.2) is 66.9 Å². The van der Waals surface area contributed by atoms with Gasteiger partial charge in [0.05, 0.1) is 17.4 Å². The number of nitrogens with zero attached hydrogens (tertiary/aromatic N) is 1. The van der Waals surface area contributed by atoms with Crippen molar-refractivity contribution < 1.29 is 13.9 Å². The molecule has 120 valence electrons. The Morgan fingerprint density at radius 3 is 2.46 bits per heavy atom. The largest absolute Gasteiger partial charge is 0.439 e. The first-order valence-corrected chi connectivity index (χ1v) is 7.38. The van der Waals surface area contributed by atoms with Gasteiger partial charge in [-0.3, -0.25) is 4.79 Å². The minimum Gasteiger partial charge on any atom is -0.439 e. The van der Waals surface area contributed by atoms with Crippen LogP contribution in [0.25, 0.3) is 0 Å². The highest BCUT2D eigenvalue weighted by molar-refractivity contribution is 6.04. The zero-order chi connectivity index (χ0) is 16.9. The Labute approximate surface area is 138 Å². The summed E-state index contributed by atoms with van der Waals surface area (Å²) >= 11 is 0. The molecule has 1 heterocycles. The lowest BCUT2D eigenvalue weighted by Gasteiger charge is -2.08. The van der Waals surface area contributed by atoms with Crippen molar-refractivity contribution in [3.05, 3.63) is 83.8 Å². The number of hydrogen-bond acceptors (Lipinski definition) is 3. The number of nitrogens with one attached hydrogen (secondary N) is 1. The summed E-state index contributed by atoms with van der Waals surface area (Å²) in [6.07, 6.45) is 1.46. The van der Waals surface area contributed by atoms with E-state index in [1.807, 2.05) is 31.2 Å². The first kappa shape index (κ1) is 15.7. The average Bonchev–Trinajstić information content (AvgIpc) is 2.59. The zero-order valence-electron chi connectivity index (χ0n) is 13.0. The van der Waals surface area contributed by atoms with Crippen LogP contribution in [-0.2, 0) is 0 Å². The predicted octanol–water partition coefficient (Wildman–Crippen LogP) is 4.57. The van der Waals surface area contributed by atoms with Gasteiger partial charge in [-0.15, -0.1) is 0 Å². The molecule has 0 unspecified atom stereocenters. The van der Waals surface area contributed by atoms with Crippen molar-refractivity contribution in [2.45, 2.75) is 6.92 Å². The lowest BCUT2D eigenvalue weighted by molar-refractivity contribution is 0.102. The fourth-order valence-corrected chi connectivity index (χ4v) is 2.09. The van der Waals surface area contributed by atoms with Gasteiger partial charge in [-0.2, -0.15) is 0 Å². The summed E-state index contributed by atoms with van der Waals surface area (Å²) in [5.74, 6) is -0.0108. The van der Waals surface area contributed by atoms with Crippen molar-refractivity contribution in [1.82, 2.24) is 4.98 Å². The number of carbonyl (C=O) groups is 1. The van der Waals surface area contributed by atoms with E-state index in [-0.39, 0.29) is 5.56 Å². The molecule has 5 heteroatoms. The Bertz CT molecular complexity index is 846. The maximum atomic E-state index is 13.6. The minimum absolute atomic E-state index is 0.0162. The SMILES string of the molecule is Cc1ccc(Oc2ccc(NC(=O)c3ccccc3F)cn2)cc1. The Morgan fingerprint density at radius 2 is 1.79 bits per heavy atom. The average molecular weight is 322 g/mol. The van der Waals surface area contributed by atoms with Crippen molar-refractivity contribution in [3.8, 4) is 11.6 Å². The van der Waals surface area contributed by atoms with E-state index in [1.54, 1.807) is 18.2 Å². The van der Waals surface area contributed by atoms with Crippen LogP contribution in [-0.4, -0.2) is 10.9 Å². The van der Waals surface area contributed by atoms with E-state index in [0.717, 1.165) is 5.56 Å². The fraction of sp³-hybridized carbons (Fsp3) is 0.0526. The molecule has 0 bridgehead atoms. The molecule has 0 atom stereocenters. The molecular formula is C19H15FN2O2. The molecule has 24 heavy (non-hydrogen) atoms. The summed E-state index contributed by atoms with van der Waals surface area (Å²) in [6.45, 7) is 2.00. The number of halogens is 1. The van der Waals surface area contributed by atoms with Gasteiger partial charge in [-0.25, -0.2) is 9.37 Å². The van der Waals surface area contributed by atoms with Gasteiger partial charge in [0.1, 0.15) is 11.6 Å². The van der Waals surface area contributed by atoms with E-state index in [9.17, 15) is 9.18 Å². The lowest BCUT2D eigenvalue weighted by Crippen LogP contribution is -2.13. The maximum Gasteiger partial charge on any atom is 0.258 e. The van der Waals surface area contributed by atoms with Crippen LogP contribution in [0.1, 0.15) is 15.9 Å². The van der Waals surface area contributed by atoms with E-state index < -0.39 is 11.7 Å². The molecule has 0 spiro atoms. The summed E-state index contributed by atoms with van der Waals surface area (Å²) in [5, 5.41) is 2.60. The molecular weight excluding hydrogens is 307 g/mol. The molecule has 0 aliphatic rings. The van der Waals surface area contributed by atoms with Gasteiger partial charge in [0.25, 0.3) is 5.91 Å². The molecule has 0 aliphatic heterocycles. The Hall–Kier alpha value is -3.21. The third-order valence-corrected chi connectivity index (χ3v) is 3.36. The van der Waals surface area contributed by atoms with Crippen LogP contribution in [0.2, 0.25) is 0 Å². The van der Waals surface area contributed by atoms with Crippen molar-refractivity contribution in [2.75, 3.05) is 5.32 Å². The van der Waals surface area contributed by atoms with Crippen LogP contribution in [0, 0.1) is 12.7 Å². The molecule has 3 rings (SSSR count). The number of aryl methyl sites for hydroxylation is 1. The quantitative estimate of drug-likeness (QED) is 0.765. The number of anilines is 1. The second-order valence-electron chi connectivity index (χ2n) is 5.23. The number of ether oxygens (including phenoxy) is 1. The third-order valence-electron chi connectivity index (χ3n) is 3.36. The molecule has 0 aliphatic carbocycles. The molecule has 1 N–H and O–H groups in total. The summed E-state index contributed by atoms with van der Waals surface area (Å²) in [4.78, 5) is 16.2. The number of aromatic nitrogens is 1. The van der Waals surface area contributed by atoms with E-state index in [0.29, 0.717) is 17.3 Å². The zero-order valence-corrected chi connectivity index (χ0v) is 13.0. The lowest BCUT2D eigenvalue weighted by atomic mass is 10.2. The topological polar surface area (TPSA) is 51.2 Å². The van der Waals surface area contributed by atoms with Gasteiger partial charge in [0.15, 0.2) is 0 Å². The number of rotatable bonds is 4. The number of carbonyl (C=O) groups excluding carboxylic acids is 1. The van der Waals surface area contributed by atoms with Crippen LogP contribution in [0.3, 0.4) is 0 Å². The standard InChI is InChI=1S/C19H15FN2O2/c1-13-6-9-15(10-7-13)24-18-11-8-14(12-21-18)22-19(23)16-4-2-3-5-17(16)20/h2-12H,1H3,(H,22,23). The molecule has 0 fully saturated rings. The monoisotopic (exact) mass is 322 g/mol. The fourth-order valence-electron chi connectivity index (χ4n) is 2.09. The van der Waals surface area contributed by atoms with E-state index in [1.165, 1.54) is 24.4 Å². The van der Waals surface area contributed by atoms with Crippen molar-refractivity contribution in [2.24, 2.45) is 0 Å². The van der Waals surface area contributed by atoms with Gasteiger partial charge < -0.3 is 10.1 Å². The van der Waals surface area contributed by atoms with E-state index in [4.69, 9.17) is 4.74 Å². The summed E-state index contributed by atoms with van der Waals surface area (Å²) in [5.41, 5.74) is 1.58. The minimum atomic E-state index is -0.567. The third kappa shape index (κ3) is 3.76. The van der Waals surface area contributed by atoms with Gasteiger partial charge in [-0.1, -0.05) is 29.8 Å². The van der Waals surface area contributed by atoms with Crippen LogP contribution in [0.4, 0.5) is 10.1 Å². The molecule has 1 amide bonds. The molecule has 2 aromatic carbocycles. The van der Waals surface area contributed by atoms with Gasteiger partial charge in [-0.05, 0) is 37.3 Å². The van der Waals surface area contributed by atoms with Gasteiger partial charge >= 0.3 is 0 Å². The van der Waals surface area contributed by atoms with Crippen LogP contribution < -0.4 is 10.1 Å². The van der Waals surface area contributed by atoms with Crippen LogP contribution in [0.5, 0.6) is 11.6 Å². The van der Waals surface area contributed by atoms with Gasteiger partial charge in [0, 0.05) is 6.07 Å². The first-order chi connectivity index (χ1) is 11.6. The van der Waals surface area contributed by atoms with Crippen molar-refractivity contribution in [3.63, 3.8) is 0 Å². The number of hydrogen-bond donors (Lipinski definition) is 1. The highest BCUT2D eigenvalue weighted by Gasteiger charge is 2.11. The highest BCUT2D eigenvalue weighted by atomic mass is 19.1. The predicted molar refractivity (Wildman–Crippen MR) is 89.8 cm³/mol. The summed E-state index contributed by atoms with van der Waals surface area (Å²) in [6, 6.07) is 16.7. The number of benzene rings is 2. The molecule has 0 saturated heterocycles. The van der Waals surface area contributed by atoms with Crippen molar-refractivity contribution >= 4 is 11.6 Å². The Morgan fingerprint density at radius 1 is 1.04 bits per heavy atom. The normalized spacial score (nSPS) is 10.2. The smallest absolute Gasteiger partial charge is 0.258 e. The van der Waals surface area contributed by atoms with E-state index in [2.05, 4.69) is 10.3 Å². The number of pyridine rings is 1. The number of amides is 1. The van der Waals surface area contributed by atoms with Crippen molar-refractivity contribution in [1.29, 1.82) is 0 Å². The Balaban J connectivity index is 1.67. The second kappa shape index (κ2) is 6.91.